The van der Waals surface area contributed by atoms with Crippen molar-refractivity contribution in [2.45, 2.75) is 30.1 Å². The molecule has 0 bridgehead atoms. The van der Waals surface area contributed by atoms with E-state index in [2.05, 4.69) is 26.6 Å². The number of primary sulfonamides is 1. The van der Waals surface area contributed by atoms with Crippen molar-refractivity contribution >= 4 is 44.6 Å². The highest BCUT2D eigenvalue weighted by atomic mass is 35.5. The quantitative estimate of drug-likeness (QED) is 0.472. The second kappa shape index (κ2) is 9.13. The van der Waals surface area contributed by atoms with Gasteiger partial charge in [0.05, 0.1) is 6.54 Å². The van der Waals surface area contributed by atoms with Crippen molar-refractivity contribution in [3.8, 4) is 0 Å². The number of nitrogens with two attached hydrogens (primary N) is 1. The van der Waals surface area contributed by atoms with Gasteiger partial charge in [0.15, 0.2) is 5.96 Å². The summed E-state index contributed by atoms with van der Waals surface area (Å²) < 4.78 is 23.0. The predicted molar refractivity (Wildman–Crippen MR) is 116 cm³/mol. The first-order chi connectivity index (χ1) is 13.3. The topological polar surface area (TPSA) is 99.8 Å². The second-order valence-corrected chi connectivity index (χ2v) is 9.91. The average Bonchev–Trinajstić information content (AvgIpc) is 3.29. The maximum atomic E-state index is 11.4. The van der Waals surface area contributed by atoms with E-state index in [1.807, 2.05) is 25.1 Å². The monoisotopic (exact) mass is 441 g/mol. The van der Waals surface area contributed by atoms with Crippen molar-refractivity contribution in [1.82, 2.24) is 10.6 Å². The van der Waals surface area contributed by atoms with E-state index in [0.29, 0.717) is 12.5 Å². The number of anilines is 1. The van der Waals surface area contributed by atoms with Crippen molar-refractivity contribution in [1.29, 1.82) is 0 Å². The number of aliphatic imine (C=N–C) groups is 1. The standard InChI is InChI=1S/C18H24ClN5O2S2/c1-2-21-18(22-11-16-6-7-17(27-16)28(20,25)26)23-14-8-9-24(12-14)15-5-3-4-13(19)10-15/h3-7,10,14H,2,8-9,11-12H2,1H3,(H2,20,25,26)(H2,21,22,23). The predicted octanol–water partition coefficient (Wildman–Crippen LogP) is 2.38. The highest BCUT2D eigenvalue weighted by Gasteiger charge is 2.23. The van der Waals surface area contributed by atoms with Crippen LogP contribution in [0.1, 0.15) is 18.2 Å². The summed E-state index contributed by atoms with van der Waals surface area (Å²) in [5.41, 5.74) is 1.12. The molecule has 152 valence electrons. The average molecular weight is 442 g/mol. The molecular weight excluding hydrogens is 418 g/mol. The largest absolute Gasteiger partial charge is 0.369 e. The van der Waals surface area contributed by atoms with Crippen molar-refractivity contribution in [3.05, 3.63) is 46.3 Å². The summed E-state index contributed by atoms with van der Waals surface area (Å²) in [6.45, 7) is 4.94. The molecule has 0 saturated carbocycles. The molecule has 3 rings (SSSR count). The summed E-state index contributed by atoms with van der Waals surface area (Å²) in [6.07, 6.45) is 0.992. The minimum atomic E-state index is -3.66. The van der Waals surface area contributed by atoms with Crippen LogP contribution in [0, 0.1) is 0 Å². The zero-order valence-electron chi connectivity index (χ0n) is 15.6. The van der Waals surface area contributed by atoms with Crippen molar-refractivity contribution in [2.75, 3.05) is 24.5 Å². The lowest BCUT2D eigenvalue weighted by Crippen LogP contribution is -2.44. The van der Waals surface area contributed by atoms with Gasteiger partial charge in [-0.05, 0) is 43.7 Å². The van der Waals surface area contributed by atoms with Gasteiger partial charge in [0.2, 0.25) is 10.0 Å². The number of guanidine groups is 1. The van der Waals surface area contributed by atoms with Crippen LogP contribution < -0.4 is 20.7 Å². The smallest absolute Gasteiger partial charge is 0.247 e. The van der Waals surface area contributed by atoms with Gasteiger partial charge in [-0.25, -0.2) is 18.5 Å². The fourth-order valence-corrected chi connectivity index (χ4v) is 4.94. The van der Waals surface area contributed by atoms with Gasteiger partial charge < -0.3 is 15.5 Å². The zero-order valence-corrected chi connectivity index (χ0v) is 17.9. The highest BCUT2D eigenvalue weighted by molar-refractivity contribution is 7.91. The molecule has 1 aliphatic heterocycles. The molecule has 0 aliphatic carbocycles. The Kier molecular flexibility index (Phi) is 6.82. The van der Waals surface area contributed by atoms with Crippen LogP contribution in [0.4, 0.5) is 5.69 Å². The normalized spacial score (nSPS) is 17.8. The van der Waals surface area contributed by atoms with Gasteiger partial charge >= 0.3 is 0 Å². The molecule has 1 fully saturated rings. The minimum Gasteiger partial charge on any atom is -0.369 e. The van der Waals surface area contributed by atoms with E-state index in [9.17, 15) is 8.42 Å². The summed E-state index contributed by atoms with van der Waals surface area (Å²) in [7, 11) is -3.66. The molecule has 1 unspecified atom stereocenters. The fraction of sp³-hybridized carbons (Fsp3) is 0.389. The first-order valence-corrected chi connectivity index (χ1v) is 11.8. The van der Waals surface area contributed by atoms with Crippen LogP contribution >= 0.6 is 22.9 Å². The minimum absolute atomic E-state index is 0.156. The summed E-state index contributed by atoms with van der Waals surface area (Å²) >= 11 is 7.24. The Hall–Kier alpha value is -1.81. The van der Waals surface area contributed by atoms with Crippen LogP contribution in [-0.2, 0) is 16.6 Å². The number of benzene rings is 1. The third-order valence-corrected chi connectivity index (χ3v) is 7.10. The van der Waals surface area contributed by atoms with Gasteiger partial charge in [-0.15, -0.1) is 11.3 Å². The highest BCUT2D eigenvalue weighted by Crippen LogP contribution is 2.24. The molecule has 0 radical (unpaired) electrons. The van der Waals surface area contributed by atoms with E-state index in [0.717, 1.165) is 53.0 Å². The SMILES string of the molecule is CCNC(=NCc1ccc(S(N)(=O)=O)s1)NC1CCN(c2cccc(Cl)c2)C1. The lowest BCUT2D eigenvalue weighted by molar-refractivity contribution is 0.600. The van der Waals surface area contributed by atoms with E-state index in [1.165, 1.54) is 6.07 Å². The number of hydrogen-bond acceptors (Lipinski definition) is 5. The van der Waals surface area contributed by atoms with Crippen molar-refractivity contribution in [3.63, 3.8) is 0 Å². The van der Waals surface area contributed by atoms with Crippen LogP contribution in [0.15, 0.2) is 45.6 Å². The Morgan fingerprint density at radius 3 is 2.89 bits per heavy atom. The van der Waals surface area contributed by atoms with Crippen LogP contribution in [0.2, 0.25) is 5.02 Å². The second-order valence-electron chi connectivity index (χ2n) is 6.52. The maximum absolute atomic E-state index is 11.4. The number of thiophene rings is 1. The number of halogens is 1. The van der Waals surface area contributed by atoms with Crippen LogP contribution in [0.25, 0.3) is 0 Å². The van der Waals surface area contributed by atoms with E-state index in [-0.39, 0.29) is 10.3 Å². The number of nitrogens with zero attached hydrogens (tertiary/aromatic N) is 2. The van der Waals surface area contributed by atoms with Crippen LogP contribution in [0.3, 0.4) is 0 Å². The van der Waals surface area contributed by atoms with Gasteiger partial charge in [-0.1, -0.05) is 17.7 Å². The molecule has 4 N–H and O–H groups in total. The Bertz CT molecular complexity index is 945. The van der Waals surface area contributed by atoms with E-state index in [1.54, 1.807) is 6.07 Å². The number of sulfonamides is 1. The van der Waals surface area contributed by atoms with E-state index >= 15 is 0 Å². The Morgan fingerprint density at radius 1 is 1.39 bits per heavy atom. The van der Waals surface area contributed by atoms with Crippen LogP contribution in [-0.4, -0.2) is 40.1 Å². The Morgan fingerprint density at radius 2 is 2.21 bits per heavy atom. The Balaban J connectivity index is 1.61. The van der Waals surface area contributed by atoms with Crippen molar-refractivity contribution < 1.29 is 8.42 Å². The molecule has 10 heteroatoms. The third kappa shape index (κ3) is 5.60. The van der Waals surface area contributed by atoms with E-state index < -0.39 is 10.0 Å². The molecule has 2 aromatic rings. The summed E-state index contributed by atoms with van der Waals surface area (Å²) in [6, 6.07) is 11.4. The molecule has 2 heterocycles. The molecule has 1 saturated heterocycles. The molecule has 28 heavy (non-hydrogen) atoms. The number of rotatable bonds is 6. The molecule has 0 amide bonds. The van der Waals surface area contributed by atoms with Gasteiger partial charge in [-0.3, -0.25) is 0 Å². The maximum Gasteiger partial charge on any atom is 0.247 e. The summed E-state index contributed by atoms with van der Waals surface area (Å²) in [4.78, 5) is 7.72. The fourth-order valence-electron chi connectivity index (χ4n) is 3.05. The summed E-state index contributed by atoms with van der Waals surface area (Å²) in [5.74, 6) is 0.714. The number of nitrogens with one attached hydrogen (secondary N) is 2. The zero-order chi connectivity index (χ0) is 20.1. The third-order valence-electron chi connectivity index (χ3n) is 4.36. The van der Waals surface area contributed by atoms with Crippen molar-refractivity contribution in [2.24, 2.45) is 10.1 Å². The molecular formula is C18H24ClN5O2S2. The molecule has 1 aromatic carbocycles. The molecule has 1 aromatic heterocycles. The van der Waals surface area contributed by atoms with Crippen LogP contribution in [0.5, 0.6) is 0 Å². The number of hydrogen-bond donors (Lipinski definition) is 3. The molecule has 1 atom stereocenters. The van der Waals surface area contributed by atoms with E-state index in [4.69, 9.17) is 16.7 Å². The van der Waals surface area contributed by atoms with Gasteiger partial charge in [0, 0.05) is 41.3 Å². The summed E-state index contributed by atoms with van der Waals surface area (Å²) in [5, 5.41) is 12.6. The molecule has 0 spiro atoms. The Labute approximate surface area is 174 Å². The lowest BCUT2D eigenvalue weighted by Gasteiger charge is -2.20. The molecule has 7 nitrogen and oxygen atoms in total. The first-order valence-electron chi connectivity index (χ1n) is 9.02. The first kappa shape index (κ1) is 20.9. The van der Waals surface area contributed by atoms with Gasteiger partial charge in [0.1, 0.15) is 4.21 Å². The van der Waals surface area contributed by atoms with Gasteiger partial charge in [0.25, 0.3) is 0 Å². The molecule has 1 aliphatic rings. The lowest BCUT2D eigenvalue weighted by atomic mass is 10.3. The van der Waals surface area contributed by atoms with Gasteiger partial charge in [-0.2, -0.15) is 0 Å².